The van der Waals surface area contributed by atoms with Gasteiger partial charge in [-0.25, -0.2) is 10.9 Å². The van der Waals surface area contributed by atoms with Gasteiger partial charge in [-0.05, 0) is 18.6 Å². The van der Waals surface area contributed by atoms with Gasteiger partial charge in [0.15, 0.2) is 0 Å². The van der Waals surface area contributed by atoms with Crippen LogP contribution in [0.25, 0.3) is 0 Å². The third-order valence-electron chi connectivity index (χ3n) is 4.04. The van der Waals surface area contributed by atoms with E-state index in [-0.39, 0.29) is 53.3 Å². The number of phenolic OH excluding ortho intramolecular Hbond substituents is 2. The van der Waals surface area contributed by atoms with E-state index in [0.717, 1.165) is 48.8 Å². The molecule has 14 heteroatoms. The normalized spacial score (nSPS) is 10.9. The van der Waals surface area contributed by atoms with E-state index < -0.39 is 21.7 Å². The van der Waals surface area contributed by atoms with Crippen LogP contribution in [0.2, 0.25) is 0 Å². The van der Waals surface area contributed by atoms with E-state index in [9.17, 15) is 40.0 Å². The van der Waals surface area contributed by atoms with Gasteiger partial charge >= 0.3 is 0 Å². The number of carbonyl (C=O) groups is 2. The Bertz CT molecular complexity index is 1040. The smallest absolute Gasteiger partial charge is 0.270 e. The zero-order valence-corrected chi connectivity index (χ0v) is 16.9. The van der Waals surface area contributed by atoms with E-state index >= 15 is 0 Å². The number of hydrogen-bond acceptors (Lipinski definition) is 10. The lowest BCUT2D eigenvalue weighted by molar-refractivity contribution is -0.385. The van der Waals surface area contributed by atoms with Gasteiger partial charge in [0.25, 0.3) is 11.4 Å². The average molecular weight is 458 g/mol. The Morgan fingerprint density at radius 3 is 1.58 bits per heavy atom. The van der Waals surface area contributed by atoms with Crippen LogP contribution < -0.4 is 10.9 Å². The Morgan fingerprint density at radius 1 is 0.818 bits per heavy atom. The van der Waals surface area contributed by atoms with Crippen LogP contribution in [-0.4, -0.2) is 44.3 Å². The fraction of sp³-hybridized carbons (Fsp3) is 0.158. The predicted molar refractivity (Wildman–Crippen MR) is 115 cm³/mol. The molecule has 0 saturated heterocycles. The fourth-order valence-corrected chi connectivity index (χ4v) is 2.39. The van der Waals surface area contributed by atoms with Crippen molar-refractivity contribution in [3.63, 3.8) is 0 Å². The number of non-ortho nitro benzene ring substituents is 2. The van der Waals surface area contributed by atoms with Crippen molar-refractivity contribution in [3.8, 4) is 11.5 Å². The molecule has 2 aromatic rings. The number of nitrogens with zero attached hydrogens (tertiary/aromatic N) is 4. The maximum absolute atomic E-state index is 11.8. The number of benzene rings is 2. The molecule has 4 N–H and O–H groups in total. The maximum atomic E-state index is 11.8. The highest BCUT2D eigenvalue weighted by molar-refractivity contribution is 5.87. The number of amides is 2. The molecule has 0 fully saturated rings. The van der Waals surface area contributed by atoms with Crippen LogP contribution in [0.5, 0.6) is 11.5 Å². The van der Waals surface area contributed by atoms with E-state index in [4.69, 9.17) is 0 Å². The van der Waals surface area contributed by atoms with Gasteiger partial charge < -0.3 is 10.2 Å². The average Bonchev–Trinajstić information content (AvgIpc) is 2.76. The first-order valence-corrected chi connectivity index (χ1v) is 9.26. The molecule has 33 heavy (non-hydrogen) atoms. The van der Waals surface area contributed by atoms with Crippen LogP contribution in [0, 0.1) is 20.2 Å². The summed E-state index contributed by atoms with van der Waals surface area (Å²) in [6.07, 6.45) is 2.10. The summed E-state index contributed by atoms with van der Waals surface area (Å²) >= 11 is 0. The Kier molecular flexibility index (Phi) is 8.50. The minimum atomic E-state index is -0.642. The monoisotopic (exact) mass is 458 g/mol. The summed E-state index contributed by atoms with van der Waals surface area (Å²) in [4.78, 5) is 43.7. The van der Waals surface area contributed by atoms with E-state index in [1.165, 1.54) is 0 Å². The standard InChI is InChI=1S/C19H18N6O8/c26-16-6-4-14(24(30)31)8-12(16)10-20-22-18(28)2-1-3-19(29)23-21-11-13-9-15(25(32)33)5-7-17(13)27/h4-11,26-27H,1-3H2,(H,22,28)(H,23,29)/b20-10-,21-11-. The lowest BCUT2D eigenvalue weighted by Gasteiger charge is -2.02. The number of nitro benzene ring substituents is 2. The number of nitro groups is 2. The summed E-state index contributed by atoms with van der Waals surface area (Å²) in [5.74, 6) is -1.58. The van der Waals surface area contributed by atoms with Gasteiger partial charge in [0.05, 0.1) is 22.3 Å². The molecule has 0 aliphatic rings. The zero-order valence-electron chi connectivity index (χ0n) is 16.9. The third kappa shape index (κ3) is 7.71. The molecule has 2 amide bonds. The number of hydrazone groups is 2. The summed E-state index contributed by atoms with van der Waals surface area (Å²) in [6.45, 7) is 0. The first kappa shape index (κ1) is 24.4. The van der Waals surface area contributed by atoms with E-state index in [1.807, 2.05) is 0 Å². The Morgan fingerprint density at radius 2 is 1.21 bits per heavy atom. The molecule has 14 nitrogen and oxygen atoms in total. The molecule has 0 aliphatic heterocycles. The largest absolute Gasteiger partial charge is 0.507 e. The molecule has 0 bridgehead atoms. The molecule has 2 rings (SSSR count). The zero-order chi connectivity index (χ0) is 24.4. The molecule has 0 aliphatic carbocycles. The molecule has 0 atom stereocenters. The van der Waals surface area contributed by atoms with Crippen molar-refractivity contribution < 1.29 is 29.6 Å². The van der Waals surface area contributed by atoms with E-state index in [1.54, 1.807) is 0 Å². The fourth-order valence-electron chi connectivity index (χ4n) is 2.39. The minimum absolute atomic E-state index is 0.0384. The van der Waals surface area contributed by atoms with Gasteiger partial charge in [-0.3, -0.25) is 29.8 Å². The number of rotatable bonds is 10. The highest BCUT2D eigenvalue weighted by atomic mass is 16.6. The molecule has 0 saturated carbocycles. The molecule has 0 radical (unpaired) electrons. The van der Waals surface area contributed by atoms with Gasteiger partial charge in [0, 0.05) is 48.2 Å². The Hall–Kier alpha value is -4.88. The second-order valence-electron chi connectivity index (χ2n) is 6.44. The summed E-state index contributed by atoms with van der Waals surface area (Å²) in [5.41, 5.74) is 3.91. The summed E-state index contributed by atoms with van der Waals surface area (Å²) in [7, 11) is 0. The number of nitrogens with one attached hydrogen (secondary N) is 2. The number of hydrogen-bond donors (Lipinski definition) is 4. The van der Waals surface area contributed by atoms with Crippen molar-refractivity contribution in [2.45, 2.75) is 19.3 Å². The molecular formula is C19H18N6O8. The van der Waals surface area contributed by atoms with Gasteiger partial charge in [0.1, 0.15) is 11.5 Å². The summed E-state index contributed by atoms with van der Waals surface area (Å²) in [5, 5.41) is 48.0. The Balaban J connectivity index is 1.76. The molecule has 172 valence electrons. The molecule has 2 aromatic carbocycles. The molecule has 0 heterocycles. The second kappa shape index (κ2) is 11.5. The molecule has 0 spiro atoms. The van der Waals surface area contributed by atoms with Crippen molar-refractivity contribution >= 4 is 35.6 Å². The van der Waals surface area contributed by atoms with Crippen LogP contribution in [0.4, 0.5) is 11.4 Å². The van der Waals surface area contributed by atoms with Crippen molar-refractivity contribution in [2.24, 2.45) is 10.2 Å². The first-order chi connectivity index (χ1) is 15.7. The second-order valence-corrected chi connectivity index (χ2v) is 6.44. The Labute approximate surface area is 185 Å². The third-order valence-corrected chi connectivity index (χ3v) is 4.04. The van der Waals surface area contributed by atoms with Crippen molar-refractivity contribution in [3.05, 3.63) is 67.8 Å². The lowest BCUT2D eigenvalue weighted by Crippen LogP contribution is -2.20. The van der Waals surface area contributed by atoms with Gasteiger partial charge in [0.2, 0.25) is 11.8 Å². The lowest BCUT2D eigenvalue weighted by atomic mass is 10.2. The van der Waals surface area contributed by atoms with Crippen molar-refractivity contribution in [2.75, 3.05) is 0 Å². The quantitative estimate of drug-likeness (QED) is 0.233. The number of carbonyl (C=O) groups excluding carboxylic acids is 2. The van der Waals surface area contributed by atoms with E-state index in [2.05, 4.69) is 21.1 Å². The topological polar surface area (TPSA) is 210 Å². The van der Waals surface area contributed by atoms with E-state index in [0.29, 0.717) is 0 Å². The number of phenols is 2. The SMILES string of the molecule is O=C(CCCC(=O)N/N=C\c1cc([N+](=O)[O-])ccc1O)N/N=C\c1cc([N+](=O)[O-])ccc1O. The van der Waals surface area contributed by atoms with Crippen molar-refractivity contribution in [1.82, 2.24) is 10.9 Å². The van der Waals surface area contributed by atoms with Crippen LogP contribution in [0.3, 0.4) is 0 Å². The number of aromatic hydroxyl groups is 2. The van der Waals surface area contributed by atoms with Crippen LogP contribution in [-0.2, 0) is 9.59 Å². The van der Waals surface area contributed by atoms with Crippen LogP contribution >= 0.6 is 0 Å². The molecule has 0 unspecified atom stereocenters. The highest BCUT2D eigenvalue weighted by Gasteiger charge is 2.10. The predicted octanol–water partition coefficient (Wildman–Crippen LogP) is 1.68. The van der Waals surface area contributed by atoms with Gasteiger partial charge in [-0.15, -0.1) is 0 Å². The summed E-state index contributed by atoms with van der Waals surface area (Å²) < 4.78 is 0. The van der Waals surface area contributed by atoms with Gasteiger partial charge in [-0.1, -0.05) is 0 Å². The first-order valence-electron chi connectivity index (χ1n) is 9.26. The van der Waals surface area contributed by atoms with Crippen LogP contribution in [0.1, 0.15) is 30.4 Å². The van der Waals surface area contributed by atoms with Gasteiger partial charge in [-0.2, -0.15) is 10.2 Å². The maximum Gasteiger partial charge on any atom is 0.270 e. The molecular weight excluding hydrogens is 440 g/mol. The van der Waals surface area contributed by atoms with Crippen molar-refractivity contribution in [1.29, 1.82) is 0 Å². The highest BCUT2D eigenvalue weighted by Crippen LogP contribution is 2.22. The summed E-state index contributed by atoms with van der Waals surface area (Å²) in [6, 6.07) is 6.66. The van der Waals surface area contributed by atoms with Crippen LogP contribution in [0.15, 0.2) is 46.6 Å². The minimum Gasteiger partial charge on any atom is -0.507 e. The molecule has 0 aromatic heterocycles.